The van der Waals surface area contributed by atoms with E-state index in [9.17, 15) is 8.78 Å². The van der Waals surface area contributed by atoms with Crippen molar-refractivity contribution in [3.05, 3.63) is 48.8 Å². The summed E-state index contributed by atoms with van der Waals surface area (Å²) >= 11 is 5.34. The number of benzene rings is 1. The normalized spacial score (nSPS) is 11.1. The van der Waals surface area contributed by atoms with E-state index in [1.807, 2.05) is 13.8 Å². The lowest BCUT2D eigenvalue weighted by Crippen LogP contribution is -2.10. The molecule has 0 amide bonds. The first-order valence-corrected chi connectivity index (χ1v) is 8.23. The van der Waals surface area contributed by atoms with Gasteiger partial charge in [0.2, 0.25) is 0 Å². The second kappa shape index (κ2) is 6.51. The molecule has 1 aromatic heterocycles. The smallest absolute Gasteiger partial charge is 0.145 e. The van der Waals surface area contributed by atoms with Gasteiger partial charge in [-0.2, -0.15) is 5.10 Å². The second-order valence-corrected chi connectivity index (χ2v) is 6.33. The summed E-state index contributed by atoms with van der Waals surface area (Å²) in [6, 6.07) is 2.64. The summed E-state index contributed by atoms with van der Waals surface area (Å²) in [6.07, 6.45) is 1.59. The van der Waals surface area contributed by atoms with E-state index in [-0.39, 0.29) is 16.6 Å². The van der Waals surface area contributed by atoms with E-state index in [4.69, 9.17) is 0 Å². The van der Waals surface area contributed by atoms with Crippen LogP contribution in [0.15, 0.2) is 16.6 Å². The number of nitrogens with zero attached hydrogens (tertiary/aromatic N) is 2. The Kier molecular flexibility index (Phi) is 5.17. The van der Waals surface area contributed by atoms with Crippen LogP contribution in [0.4, 0.5) is 8.78 Å². The Balaban J connectivity index is 2.48. The van der Waals surface area contributed by atoms with Crippen molar-refractivity contribution in [1.29, 1.82) is 0 Å². The SMILES string of the molecule is CCc1nn(Cc2c(F)ccc(Br)c2F)c(CC)c1I. The largest absolute Gasteiger partial charge is 0.264 e. The Bertz CT molecular complexity index is 641. The predicted octanol–water partition coefficient (Wildman–Crippen LogP) is 4.70. The highest BCUT2D eigenvalue weighted by Crippen LogP contribution is 2.24. The maximum Gasteiger partial charge on any atom is 0.145 e. The van der Waals surface area contributed by atoms with E-state index in [0.29, 0.717) is 0 Å². The van der Waals surface area contributed by atoms with Gasteiger partial charge in [-0.15, -0.1) is 0 Å². The molecule has 0 spiro atoms. The van der Waals surface area contributed by atoms with Gasteiger partial charge in [-0.25, -0.2) is 8.78 Å². The van der Waals surface area contributed by atoms with Crippen LogP contribution in [-0.4, -0.2) is 9.78 Å². The summed E-state index contributed by atoms with van der Waals surface area (Å²) in [5.41, 5.74) is 2.02. The van der Waals surface area contributed by atoms with Crippen LogP contribution in [0.3, 0.4) is 0 Å². The average Bonchev–Trinajstić information content (AvgIpc) is 2.74. The molecule has 0 bridgehead atoms. The van der Waals surface area contributed by atoms with Gasteiger partial charge in [-0.05, 0) is 63.5 Å². The highest BCUT2D eigenvalue weighted by atomic mass is 127. The number of hydrogen-bond acceptors (Lipinski definition) is 1. The summed E-state index contributed by atoms with van der Waals surface area (Å²) in [4.78, 5) is 0. The third-order valence-electron chi connectivity index (χ3n) is 3.18. The average molecular weight is 455 g/mol. The summed E-state index contributed by atoms with van der Waals surface area (Å²) in [7, 11) is 0. The van der Waals surface area contributed by atoms with Crippen LogP contribution in [0.2, 0.25) is 0 Å². The summed E-state index contributed by atoms with van der Waals surface area (Å²) in [6.45, 7) is 4.15. The molecular weight excluding hydrogens is 441 g/mol. The van der Waals surface area contributed by atoms with Crippen molar-refractivity contribution in [2.75, 3.05) is 0 Å². The van der Waals surface area contributed by atoms with Crippen molar-refractivity contribution in [2.24, 2.45) is 0 Å². The number of aryl methyl sites for hydroxylation is 1. The molecule has 0 saturated heterocycles. The minimum atomic E-state index is -0.560. The van der Waals surface area contributed by atoms with Crippen molar-refractivity contribution in [3.63, 3.8) is 0 Å². The van der Waals surface area contributed by atoms with Gasteiger partial charge in [-0.3, -0.25) is 4.68 Å². The fourth-order valence-electron chi connectivity index (χ4n) is 2.09. The molecule has 0 unspecified atom stereocenters. The molecule has 0 atom stereocenters. The molecule has 0 radical (unpaired) electrons. The van der Waals surface area contributed by atoms with Crippen molar-refractivity contribution < 1.29 is 8.78 Å². The van der Waals surface area contributed by atoms with Crippen molar-refractivity contribution in [2.45, 2.75) is 33.2 Å². The Labute approximate surface area is 138 Å². The van der Waals surface area contributed by atoms with Gasteiger partial charge in [0.1, 0.15) is 11.6 Å². The van der Waals surface area contributed by atoms with Gasteiger partial charge in [0.05, 0.1) is 26.0 Å². The van der Waals surface area contributed by atoms with Crippen LogP contribution in [0.25, 0.3) is 0 Å². The molecule has 108 valence electrons. The maximum atomic E-state index is 14.0. The molecular formula is C14H14BrF2IN2. The molecule has 1 aromatic carbocycles. The molecule has 0 saturated carbocycles. The first kappa shape index (κ1) is 15.9. The Morgan fingerprint density at radius 3 is 2.55 bits per heavy atom. The minimum absolute atomic E-state index is 0.0376. The molecule has 2 rings (SSSR count). The van der Waals surface area contributed by atoms with E-state index in [2.05, 4.69) is 43.6 Å². The number of halogens is 4. The summed E-state index contributed by atoms with van der Waals surface area (Å²) in [5.74, 6) is -1.10. The third-order valence-corrected chi connectivity index (χ3v) is 5.03. The number of hydrogen-bond donors (Lipinski definition) is 0. The fraction of sp³-hybridized carbons (Fsp3) is 0.357. The molecule has 0 aliphatic carbocycles. The zero-order chi connectivity index (χ0) is 14.9. The Hall–Kier alpha value is -0.500. The highest BCUT2D eigenvalue weighted by molar-refractivity contribution is 14.1. The lowest BCUT2D eigenvalue weighted by atomic mass is 10.2. The molecule has 20 heavy (non-hydrogen) atoms. The van der Waals surface area contributed by atoms with E-state index in [1.165, 1.54) is 12.1 Å². The van der Waals surface area contributed by atoms with E-state index in [0.717, 1.165) is 27.8 Å². The first-order chi connectivity index (χ1) is 9.49. The van der Waals surface area contributed by atoms with Crippen LogP contribution in [0, 0.1) is 15.2 Å². The lowest BCUT2D eigenvalue weighted by Gasteiger charge is -2.09. The van der Waals surface area contributed by atoms with Gasteiger partial charge in [0, 0.05) is 5.56 Å². The molecule has 6 heteroatoms. The number of aromatic nitrogens is 2. The first-order valence-electron chi connectivity index (χ1n) is 6.35. The zero-order valence-corrected chi connectivity index (χ0v) is 14.9. The van der Waals surface area contributed by atoms with Gasteiger partial charge in [0.25, 0.3) is 0 Å². The van der Waals surface area contributed by atoms with E-state index >= 15 is 0 Å². The van der Waals surface area contributed by atoms with E-state index in [1.54, 1.807) is 4.68 Å². The standard InChI is InChI=1S/C14H14BrF2IN2/c1-3-11-14(18)12(4-2)20(19-11)7-8-10(16)6-5-9(15)13(8)17/h5-6H,3-4,7H2,1-2H3. The van der Waals surface area contributed by atoms with Gasteiger partial charge in [-0.1, -0.05) is 13.8 Å². The molecule has 2 nitrogen and oxygen atoms in total. The molecule has 0 aliphatic rings. The van der Waals surface area contributed by atoms with Crippen LogP contribution >= 0.6 is 38.5 Å². The molecule has 0 aliphatic heterocycles. The second-order valence-electron chi connectivity index (χ2n) is 4.39. The van der Waals surface area contributed by atoms with Crippen molar-refractivity contribution >= 4 is 38.5 Å². The third kappa shape index (κ3) is 2.90. The number of rotatable bonds is 4. The van der Waals surface area contributed by atoms with Gasteiger partial charge >= 0.3 is 0 Å². The van der Waals surface area contributed by atoms with Crippen LogP contribution in [0.1, 0.15) is 30.8 Å². The molecule has 0 N–H and O–H groups in total. The quantitative estimate of drug-likeness (QED) is 0.483. The van der Waals surface area contributed by atoms with Gasteiger partial charge in [0.15, 0.2) is 0 Å². The predicted molar refractivity (Wildman–Crippen MR) is 86.9 cm³/mol. The summed E-state index contributed by atoms with van der Waals surface area (Å²) in [5, 5.41) is 4.47. The highest BCUT2D eigenvalue weighted by Gasteiger charge is 2.18. The van der Waals surface area contributed by atoms with Crippen LogP contribution in [-0.2, 0) is 19.4 Å². The minimum Gasteiger partial charge on any atom is -0.264 e. The maximum absolute atomic E-state index is 14.0. The zero-order valence-electron chi connectivity index (χ0n) is 11.2. The van der Waals surface area contributed by atoms with E-state index < -0.39 is 11.6 Å². The molecule has 0 fully saturated rings. The molecule has 2 aromatic rings. The van der Waals surface area contributed by atoms with Gasteiger partial charge < -0.3 is 0 Å². The Morgan fingerprint density at radius 2 is 1.95 bits per heavy atom. The van der Waals surface area contributed by atoms with Crippen LogP contribution < -0.4 is 0 Å². The van der Waals surface area contributed by atoms with Crippen molar-refractivity contribution in [3.8, 4) is 0 Å². The lowest BCUT2D eigenvalue weighted by molar-refractivity contribution is 0.522. The van der Waals surface area contributed by atoms with Crippen molar-refractivity contribution in [1.82, 2.24) is 9.78 Å². The molecule has 1 heterocycles. The van der Waals surface area contributed by atoms with Crippen LogP contribution in [0.5, 0.6) is 0 Å². The monoisotopic (exact) mass is 454 g/mol. The fourth-order valence-corrected chi connectivity index (χ4v) is 3.61. The topological polar surface area (TPSA) is 17.8 Å². The summed E-state index contributed by atoms with van der Waals surface area (Å²) < 4.78 is 30.9. The Morgan fingerprint density at radius 1 is 1.25 bits per heavy atom.